The highest BCUT2D eigenvalue weighted by Crippen LogP contribution is 2.20. The van der Waals surface area contributed by atoms with Gasteiger partial charge in [-0.25, -0.2) is 4.39 Å². The predicted octanol–water partition coefficient (Wildman–Crippen LogP) is 3.29. The fourth-order valence-electron chi connectivity index (χ4n) is 1.90. The highest BCUT2D eigenvalue weighted by molar-refractivity contribution is 5.30. The van der Waals surface area contributed by atoms with Gasteiger partial charge in [0.05, 0.1) is 0 Å². The molecule has 0 fully saturated rings. The number of nitrogens with two attached hydrogens (primary N) is 1. The Morgan fingerprint density at radius 2 is 1.84 bits per heavy atom. The first-order valence-corrected chi connectivity index (χ1v) is 6.36. The number of rotatable bonds is 5. The molecule has 100 valence electrons. The van der Waals surface area contributed by atoms with Crippen LogP contribution in [0, 0.1) is 5.82 Å². The molecule has 2 aromatic rings. The average Bonchev–Trinajstić information content (AvgIpc) is 2.38. The van der Waals surface area contributed by atoms with E-state index in [2.05, 4.69) is 0 Å². The van der Waals surface area contributed by atoms with Crippen LogP contribution in [0.25, 0.3) is 0 Å². The molecule has 1 atom stereocenters. The summed E-state index contributed by atoms with van der Waals surface area (Å²) in [5.74, 6) is -0.0636. The largest absolute Gasteiger partial charge is 0.486 e. The molecule has 1 unspecified atom stereocenters. The van der Waals surface area contributed by atoms with E-state index < -0.39 is 0 Å². The summed E-state index contributed by atoms with van der Waals surface area (Å²) in [6.07, 6.45) is 0.663. The minimum absolute atomic E-state index is 0.0236. The second kappa shape index (κ2) is 6.34. The van der Waals surface area contributed by atoms with Gasteiger partial charge in [-0.1, -0.05) is 36.4 Å². The van der Waals surface area contributed by atoms with Crippen LogP contribution in [0.2, 0.25) is 0 Å². The number of benzene rings is 2. The molecule has 2 aromatic carbocycles. The van der Waals surface area contributed by atoms with E-state index in [0.717, 1.165) is 11.1 Å². The summed E-state index contributed by atoms with van der Waals surface area (Å²) < 4.78 is 19.3. The van der Waals surface area contributed by atoms with Crippen molar-refractivity contribution in [1.29, 1.82) is 0 Å². The average molecular weight is 259 g/mol. The molecule has 0 bridgehead atoms. The monoisotopic (exact) mass is 259 g/mol. The minimum Gasteiger partial charge on any atom is -0.486 e. The first-order chi connectivity index (χ1) is 9.15. The Labute approximate surface area is 113 Å². The summed E-state index contributed by atoms with van der Waals surface area (Å²) in [5, 5.41) is 0. The predicted molar refractivity (Wildman–Crippen MR) is 74.5 cm³/mol. The lowest BCUT2D eigenvalue weighted by Gasteiger charge is -2.10. The van der Waals surface area contributed by atoms with Crippen molar-refractivity contribution >= 4 is 0 Å². The molecule has 2 rings (SSSR count). The van der Waals surface area contributed by atoms with Crippen LogP contribution in [-0.2, 0) is 13.0 Å². The van der Waals surface area contributed by atoms with Crippen LogP contribution in [0.5, 0.6) is 5.75 Å². The smallest absolute Gasteiger partial charge is 0.165 e. The molecule has 0 heterocycles. The maximum atomic E-state index is 13.8. The summed E-state index contributed by atoms with van der Waals surface area (Å²) in [4.78, 5) is 0. The first-order valence-electron chi connectivity index (χ1n) is 6.36. The van der Waals surface area contributed by atoms with Crippen LogP contribution in [0.15, 0.2) is 48.5 Å². The Morgan fingerprint density at radius 1 is 1.11 bits per heavy atom. The summed E-state index contributed by atoms with van der Waals surface area (Å²) in [6.45, 7) is 2.27. The van der Waals surface area contributed by atoms with Crippen molar-refractivity contribution in [3.63, 3.8) is 0 Å². The number of hydrogen-bond donors (Lipinski definition) is 1. The van der Waals surface area contributed by atoms with E-state index in [0.29, 0.717) is 13.0 Å². The van der Waals surface area contributed by atoms with Gasteiger partial charge in [0, 0.05) is 6.04 Å². The third-order valence-electron chi connectivity index (χ3n) is 2.79. The van der Waals surface area contributed by atoms with Crippen LogP contribution in [0.3, 0.4) is 0 Å². The Hall–Kier alpha value is -1.87. The molecule has 3 heteroatoms. The molecular weight excluding hydrogens is 241 g/mol. The molecule has 0 saturated carbocycles. The van der Waals surface area contributed by atoms with E-state index in [1.165, 1.54) is 6.07 Å². The molecule has 0 aliphatic carbocycles. The van der Waals surface area contributed by atoms with Crippen LogP contribution >= 0.6 is 0 Å². The molecule has 0 saturated heterocycles. The van der Waals surface area contributed by atoms with Gasteiger partial charge in [0.15, 0.2) is 11.6 Å². The summed E-state index contributed by atoms with van der Waals surface area (Å²) in [5.41, 5.74) is 7.60. The highest BCUT2D eigenvalue weighted by atomic mass is 19.1. The normalized spacial score (nSPS) is 12.2. The maximum Gasteiger partial charge on any atom is 0.165 e. The first kappa shape index (κ1) is 13.6. The molecule has 0 spiro atoms. The van der Waals surface area contributed by atoms with Crippen molar-refractivity contribution < 1.29 is 9.13 Å². The van der Waals surface area contributed by atoms with Gasteiger partial charge in [-0.3, -0.25) is 0 Å². The summed E-state index contributed by atoms with van der Waals surface area (Å²) >= 11 is 0. The lowest BCUT2D eigenvalue weighted by Crippen LogP contribution is -2.17. The van der Waals surface area contributed by atoms with Crippen molar-refractivity contribution in [3.05, 3.63) is 65.5 Å². The molecule has 2 N–H and O–H groups in total. The van der Waals surface area contributed by atoms with Gasteiger partial charge in [-0.15, -0.1) is 0 Å². The van der Waals surface area contributed by atoms with Crippen LogP contribution in [0.1, 0.15) is 18.1 Å². The van der Waals surface area contributed by atoms with E-state index in [4.69, 9.17) is 10.5 Å². The Morgan fingerprint density at radius 3 is 2.47 bits per heavy atom. The van der Waals surface area contributed by atoms with E-state index in [9.17, 15) is 4.39 Å². The quantitative estimate of drug-likeness (QED) is 0.894. The molecular formula is C16H18FNO. The standard InChI is InChI=1S/C16H18FNO/c1-12(18)9-14-7-8-16(15(17)10-14)19-11-13-5-3-2-4-6-13/h2-8,10,12H,9,11,18H2,1H3. The fraction of sp³-hybridized carbons (Fsp3) is 0.250. The fourth-order valence-corrected chi connectivity index (χ4v) is 1.90. The van der Waals surface area contributed by atoms with Gasteiger partial charge >= 0.3 is 0 Å². The lowest BCUT2D eigenvalue weighted by atomic mass is 10.1. The van der Waals surface area contributed by atoms with E-state index in [1.807, 2.05) is 43.3 Å². The zero-order valence-corrected chi connectivity index (χ0v) is 11.0. The molecule has 0 radical (unpaired) electrons. The topological polar surface area (TPSA) is 35.2 Å². The van der Waals surface area contributed by atoms with Gasteiger partial charge < -0.3 is 10.5 Å². The number of hydrogen-bond acceptors (Lipinski definition) is 2. The van der Waals surface area contributed by atoms with Crippen molar-refractivity contribution in [1.82, 2.24) is 0 Å². The number of ether oxygens (including phenoxy) is 1. The molecule has 0 aliphatic heterocycles. The van der Waals surface area contributed by atoms with Crippen molar-refractivity contribution in [2.75, 3.05) is 0 Å². The van der Waals surface area contributed by atoms with Gasteiger partial charge in [-0.2, -0.15) is 0 Å². The summed E-state index contributed by atoms with van der Waals surface area (Å²) in [6, 6.07) is 14.7. The highest BCUT2D eigenvalue weighted by Gasteiger charge is 2.06. The van der Waals surface area contributed by atoms with Crippen LogP contribution in [0.4, 0.5) is 4.39 Å². The third-order valence-corrected chi connectivity index (χ3v) is 2.79. The number of halogens is 1. The van der Waals surface area contributed by atoms with E-state index in [1.54, 1.807) is 6.07 Å². The van der Waals surface area contributed by atoms with Crippen molar-refractivity contribution in [3.8, 4) is 5.75 Å². The third kappa shape index (κ3) is 4.07. The van der Waals surface area contributed by atoms with E-state index >= 15 is 0 Å². The summed E-state index contributed by atoms with van der Waals surface area (Å²) in [7, 11) is 0. The van der Waals surface area contributed by atoms with Gasteiger partial charge in [0.2, 0.25) is 0 Å². The van der Waals surface area contributed by atoms with Crippen LogP contribution < -0.4 is 10.5 Å². The Balaban J connectivity index is 2.01. The van der Waals surface area contributed by atoms with Gasteiger partial charge in [-0.05, 0) is 36.6 Å². The molecule has 0 aliphatic rings. The van der Waals surface area contributed by atoms with Gasteiger partial charge in [0.1, 0.15) is 6.61 Å². The van der Waals surface area contributed by atoms with Crippen LogP contribution in [-0.4, -0.2) is 6.04 Å². The second-order valence-corrected chi connectivity index (χ2v) is 4.72. The molecule has 2 nitrogen and oxygen atoms in total. The van der Waals surface area contributed by atoms with E-state index in [-0.39, 0.29) is 17.6 Å². The Bertz CT molecular complexity index is 526. The van der Waals surface area contributed by atoms with Crippen molar-refractivity contribution in [2.24, 2.45) is 5.73 Å². The molecule has 19 heavy (non-hydrogen) atoms. The zero-order chi connectivity index (χ0) is 13.7. The maximum absolute atomic E-state index is 13.8. The second-order valence-electron chi connectivity index (χ2n) is 4.72. The molecule has 0 aromatic heterocycles. The zero-order valence-electron chi connectivity index (χ0n) is 11.0. The molecule has 0 amide bonds. The lowest BCUT2D eigenvalue weighted by molar-refractivity contribution is 0.290. The Kier molecular flexibility index (Phi) is 4.53. The SMILES string of the molecule is CC(N)Cc1ccc(OCc2ccccc2)c(F)c1. The minimum atomic E-state index is -0.339. The van der Waals surface area contributed by atoms with Gasteiger partial charge in [0.25, 0.3) is 0 Å². The van der Waals surface area contributed by atoms with Crippen molar-refractivity contribution in [2.45, 2.75) is 26.0 Å².